The van der Waals surface area contributed by atoms with Gasteiger partial charge < -0.3 is 16.2 Å². The van der Waals surface area contributed by atoms with E-state index in [0.717, 1.165) is 12.8 Å². The first-order valence-electron chi connectivity index (χ1n) is 7.02. The Bertz CT molecular complexity index is 529. The van der Waals surface area contributed by atoms with Crippen LogP contribution in [0.1, 0.15) is 33.1 Å². The van der Waals surface area contributed by atoms with Gasteiger partial charge >= 0.3 is 5.69 Å². The Kier molecular flexibility index (Phi) is 6.30. The van der Waals surface area contributed by atoms with E-state index < -0.39 is 11.2 Å². The Hall–Kier alpha value is -1.76. The highest BCUT2D eigenvalue weighted by Crippen LogP contribution is 2.14. The second-order valence-corrected chi connectivity index (χ2v) is 4.81. The standard InChI is InChI=1S/C13H24N4O3/c1-3-5-9(6-7-18)8-15-10-11(14)17(4-2)13(20)16-12(10)19/h9,15,18H,3-8,14H2,1-2H3,(H,16,19,20). The zero-order chi connectivity index (χ0) is 15.1. The maximum absolute atomic E-state index is 11.8. The Balaban J connectivity index is 2.92. The van der Waals surface area contributed by atoms with Crippen LogP contribution in [-0.4, -0.2) is 27.8 Å². The third-order valence-electron chi connectivity index (χ3n) is 3.36. The van der Waals surface area contributed by atoms with Crippen molar-refractivity contribution in [2.75, 3.05) is 24.2 Å². The molecular formula is C13H24N4O3. The lowest BCUT2D eigenvalue weighted by Gasteiger charge is -2.18. The molecule has 0 aromatic carbocycles. The smallest absolute Gasteiger partial charge is 0.330 e. The van der Waals surface area contributed by atoms with Crippen molar-refractivity contribution in [2.45, 2.75) is 39.7 Å². The molecule has 0 fully saturated rings. The van der Waals surface area contributed by atoms with Crippen LogP contribution in [0, 0.1) is 5.92 Å². The molecule has 20 heavy (non-hydrogen) atoms. The maximum atomic E-state index is 11.8. The maximum Gasteiger partial charge on any atom is 0.330 e. The van der Waals surface area contributed by atoms with Crippen LogP contribution in [0.5, 0.6) is 0 Å². The quantitative estimate of drug-likeness (QED) is 0.550. The molecule has 0 saturated heterocycles. The van der Waals surface area contributed by atoms with Gasteiger partial charge in [-0.15, -0.1) is 0 Å². The van der Waals surface area contributed by atoms with Crippen molar-refractivity contribution in [2.24, 2.45) is 5.92 Å². The highest BCUT2D eigenvalue weighted by atomic mass is 16.3. The summed E-state index contributed by atoms with van der Waals surface area (Å²) in [5, 5.41) is 12.0. The fourth-order valence-electron chi connectivity index (χ4n) is 2.26. The summed E-state index contributed by atoms with van der Waals surface area (Å²) in [5.41, 5.74) is 5.09. The van der Waals surface area contributed by atoms with Gasteiger partial charge in [-0.3, -0.25) is 14.3 Å². The Morgan fingerprint density at radius 3 is 2.60 bits per heavy atom. The van der Waals surface area contributed by atoms with Crippen LogP contribution in [0.3, 0.4) is 0 Å². The monoisotopic (exact) mass is 284 g/mol. The molecular weight excluding hydrogens is 260 g/mol. The van der Waals surface area contributed by atoms with Gasteiger partial charge in [0.2, 0.25) is 0 Å². The van der Waals surface area contributed by atoms with Gasteiger partial charge in [0.25, 0.3) is 5.56 Å². The molecule has 0 spiro atoms. The van der Waals surface area contributed by atoms with Gasteiger partial charge in [-0.1, -0.05) is 13.3 Å². The fourth-order valence-corrected chi connectivity index (χ4v) is 2.26. The number of aromatic nitrogens is 2. The summed E-state index contributed by atoms with van der Waals surface area (Å²) >= 11 is 0. The fraction of sp³-hybridized carbons (Fsp3) is 0.692. The molecule has 0 aliphatic carbocycles. The highest BCUT2D eigenvalue weighted by molar-refractivity contribution is 5.60. The second-order valence-electron chi connectivity index (χ2n) is 4.81. The second kappa shape index (κ2) is 7.74. The Labute approximate surface area is 117 Å². The van der Waals surface area contributed by atoms with Crippen molar-refractivity contribution in [3.8, 4) is 0 Å². The van der Waals surface area contributed by atoms with E-state index in [2.05, 4.69) is 17.2 Å². The van der Waals surface area contributed by atoms with Crippen molar-refractivity contribution >= 4 is 11.5 Å². The van der Waals surface area contributed by atoms with Crippen LogP contribution in [0.15, 0.2) is 9.59 Å². The van der Waals surface area contributed by atoms with Gasteiger partial charge in [0.05, 0.1) is 0 Å². The lowest BCUT2D eigenvalue weighted by atomic mass is 10.0. The zero-order valence-electron chi connectivity index (χ0n) is 12.1. The molecule has 0 aliphatic heterocycles. The lowest BCUT2D eigenvalue weighted by molar-refractivity contribution is 0.255. The van der Waals surface area contributed by atoms with Crippen LogP contribution in [0.2, 0.25) is 0 Å². The number of aliphatic hydroxyl groups is 1. The number of aromatic amines is 1. The summed E-state index contributed by atoms with van der Waals surface area (Å²) in [6.07, 6.45) is 2.64. The number of anilines is 2. The molecule has 7 heteroatoms. The average Bonchev–Trinajstić information content (AvgIpc) is 2.39. The van der Waals surface area contributed by atoms with Crippen molar-refractivity contribution in [1.29, 1.82) is 0 Å². The van der Waals surface area contributed by atoms with E-state index >= 15 is 0 Å². The summed E-state index contributed by atoms with van der Waals surface area (Å²) in [6.45, 7) is 4.91. The molecule has 5 N–H and O–H groups in total. The summed E-state index contributed by atoms with van der Waals surface area (Å²) in [7, 11) is 0. The zero-order valence-corrected chi connectivity index (χ0v) is 12.1. The minimum atomic E-state index is -0.503. The predicted octanol–water partition coefficient (Wildman–Crippen LogP) is 0.349. The summed E-state index contributed by atoms with van der Waals surface area (Å²) in [5.74, 6) is 0.423. The third-order valence-corrected chi connectivity index (χ3v) is 3.36. The molecule has 1 aromatic heterocycles. The number of aliphatic hydroxyl groups excluding tert-OH is 1. The molecule has 1 rings (SSSR count). The van der Waals surface area contributed by atoms with Crippen molar-refractivity contribution in [1.82, 2.24) is 9.55 Å². The molecule has 1 heterocycles. The molecule has 0 amide bonds. The molecule has 0 aliphatic rings. The van der Waals surface area contributed by atoms with Crippen LogP contribution >= 0.6 is 0 Å². The number of nitrogens with two attached hydrogens (primary N) is 1. The average molecular weight is 284 g/mol. The van der Waals surface area contributed by atoms with Crippen molar-refractivity contribution in [3.05, 3.63) is 20.8 Å². The first-order valence-corrected chi connectivity index (χ1v) is 7.02. The van der Waals surface area contributed by atoms with E-state index in [4.69, 9.17) is 10.8 Å². The minimum absolute atomic E-state index is 0.118. The van der Waals surface area contributed by atoms with E-state index in [1.807, 2.05) is 0 Å². The molecule has 0 bridgehead atoms. The number of nitrogens with zero attached hydrogens (tertiary/aromatic N) is 1. The number of H-pyrrole nitrogens is 1. The van der Waals surface area contributed by atoms with Gasteiger partial charge in [-0.05, 0) is 25.7 Å². The first-order chi connectivity index (χ1) is 9.54. The van der Waals surface area contributed by atoms with Crippen LogP contribution in [0.4, 0.5) is 11.5 Å². The van der Waals surface area contributed by atoms with Crippen LogP contribution < -0.4 is 22.3 Å². The Morgan fingerprint density at radius 2 is 2.05 bits per heavy atom. The molecule has 1 atom stereocenters. The van der Waals surface area contributed by atoms with E-state index in [0.29, 0.717) is 19.5 Å². The molecule has 1 aromatic rings. The number of nitrogen functional groups attached to an aromatic ring is 1. The topological polar surface area (TPSA) is 113 Å². The van der Waals surface area contributed by atoms with E-state index in [9.17, 15) is 9.59 Å². The largest absolute Gasteiger partial charge is 0.396 e. The first kappa shape index (κ1) is 16.3. The van der Waals surface area contributed by atoms with Gasteiger partial charge in [-0.2, -0.15) is 0 Å². The predicted molar refractivity (Wildman–Crippen MR) is 80.0 cm³/mol. The number of hydrogen-bond donors (Lipinski definition) is 4. The van der Waals surface area contributed by atoms with Gasteiger partial charge in [0.1, 0.15) is 11.5 Å². The normalized spacial score (nSPS) is 12.3. The van der Waals surface area contributed by atoms with E-state index in [1.165, 1.54) is 4.57 Å². The van der Waals surface area contributed by atoms with Gasteiger partial charge in [0, 0.05) is 19.7 Å². The van der Waals surface area contributed by atoms with Crippen LogP contribution in [-0.2, 0) is 6.54 Å². The number of rotatable bonds is 8. The van der Waals surface area contributed by atoms with Crippen LogP contribution in [0.25, 0.3) is 0 Å². The lowest BCUT2D eigenvalue weighted by Crippen LogP contribution is -2.34. The SMILES string of the molecule is CCCC(CCO)CNc1c(N)n(CC)c(=O)[nH]c1=O. The number of hydrogen-bond acceptors (Lipinski definition) is 5. The third kappa shape index (κ3) is 3.86. The summed E-state index contributed by atoms with van der Waals surface area (Å²) in [4.78, 5) is 25.6. The molecule has 114 valence electrons. The Morgan fingerprint density at radius 1 is 1.35 bits per heavy atom. The molecule has 1 unspecified atom stereocenters. The van der Waals surface area contributed by atoms with Crippen molar-refractivity contribution in [3.63, 3.8) is 0 Å². The molecule has 0 radical (unpaired) electrons. The van der Waals surface area contributed by atoms with Gasteiger partial charge in [0.15, 0.2) is 0 Å². The summed E-state index contributed by atoms with van der Waals surface area (Å²) < 4.78 is 1.31. The van der Waals surface area contributed by atoms with E-state index in [1.54, 1.807) is 6.92 Å². The van der Waals surface area contributed by atoms with Crippen molar-refractivity contribution < 1.29 is 5.11 Å². The minimum Gasteiger partial charge on any atom is -0.396 e. The van der Waals surface area contributed by atoms with Gasteiger partial charge in [-0.25, -0.2) is 4.79 Å². The van der Waals surface area contributed by atoms with E-state index in [-0.39, 0.29) is 24.0 Å². The molecule has 7 nitrogen and oxygen atoms in total. The summed E-state index contributed by atoms with van der Waals surface area (Å²) in [6, 6.07) is 0. The molecule has 0 saturated carbocycles. The number of nitrogens with one attached hydrogen (secondary N) is 2. The highest BCUT2D eigenvalue weighted by Gasteiger charge is 2.13.